The molecule has 0 spiro atoms. The van der Waals surface area contributed by atoms with Crippen LogP contribution in [-0.4, -0.2) is 39.8 Å². The lowest BCUT2D eigenvalue weighted by molar-refractivity contribution is -0.152. The molecule has 20 heavy (non-hydrogen) atoms. The summed E-state index contributed by atoms with van der Waals surface area (Å²) in [5.74, 6) is -0.360. The molecule has 0 aromatic carbocycles. The standard InChI is InChI=1S/C14H27NO4Si/c1-14(2,3)20(5,6)18-9-7-8-11-10-12(19-15-11)13(16)17-4/h12H,7-10H2,1-6H3. The average Bonchev–Trinajstić information content (AvgIpc) is 2.81. The number of methoxy groups -OCH3 is 1. The summed E-state index contributed by atoms with van der Waals surface area (Å²) in [6.45, 7) is 11.9. The highest BCUT2D eigenvalue weighted by molar-refractivity contribution is 6.74. The molecule has 5 nitrogen and oxygen atoms in total. The monoisotopic (exact) mass is 301 g/mol. The highest BCUT2D eigenvalue weighted by Crippen LogP contribution is 2.36. The normalized spacial score (nSPS) is 19.5. The molecule has 116 valence electrons. The van der Waals surface area contributed by atoms with E-state index in [-0.39, 0.29) is 11.0 Å². The van der Waals surface area contributed by atoms with E-state index in [4.69, 9.17) is 9.26 Å². The van der Waals surface area contributed by atoms with Crippen LogP contribution in [0.4, 0.5) is 0 Å². The van der Waals surface area contributed by atoms with Crippen molar-refractivity contribution in [3.63, 3.8) is 0 Å². The predicted molar refractivity (Wildman–Crippen MR) is 81.3 cm³/mol. The molecule has 1 aliphatic heterocycles. The molecule has 6 heteroatoms. The summed E-state index contributed by atoms with van der Waals surface area (Å²) < 4.78 is 10.7. The molecule has 0 radical (unpaired) electrons. The van der Waals surface area contributed by atoms with Crippen LogP contribution < -0.4 is 0 Å². The van der Waals surface area contributed by atoms with E-state index in [2.05, 4.69) is 43.8 Å². The van der Waals surface area contributed by atoms with E-state index >= 15 is 0 Å². The van der Waals surface area contributed by atoms with E-state index in [1.807, 2.05) is 0 Å². The Balaban J connectivity index is 2.25. The topological polar surface area (TPSA) is 57.1 Å². The van der Waals surface area contributed by atoms with E-state index in [0.29, 0.717) is 6.42 Å². The molecule has 0 saturated carbocycles. The molecule has 1 aliphatic rings. The molecule has 1 atom stereocenters. The van der Waals surface area contributed by atoms with Crippen molar-refractivity contribution in [1.29, 1.82) is 0 Å². The van der Waals surface area contributed by atoms with Gasteiger partial charge in [-0.1, -0.05) is 25.9 Å². The number of ether oxygens (including phenoxy) is 1. The second kappa shape index (κ2) is 6.71. The Morgan fingerprint density at radius 2 is 2.10 bits per heavy atom. The van der Waals surface area contributed by atoms with Gasteiger partial charge in [0.1, 0.15) is 0 Å². The summed E-state index contributed by atoms with van der Waals surface area (Å²) >= 11 is 0. The first-order valence-electron chi connectivity index (χ1n) is 7.11. The lowest BCUT2D eigenvalue weighted by Crippen LogP contribution is -2.41. The summed E-state index contributed by atoms with van der Waals surface area (Å²) in [6, 6.07) is 0. The van der Waals surface area contributed by atoms with Crippen LogP contribution in [0.5, 0.6) is 0 Å². The van der Waals surface area contributed by atoms with Gasteiger partial charge in [-0.25, -0.2) is 4.79 Å². The molecule has 1 unspecified atom stereocenters. The quantitative estimate of drug-likeness (QED) is 0.430. The Labute approximate surface area is 122 Å². The van der Waals surface area contributed by atoms with E-state index in [0.717, 1.165) is 25.2 Å². The van der Waals surface area contributed by atoms with E-state index < -0.39 is 14.4 Å². The number of carbonyl (C=O) groups excluding carboxylic acids is 1. The van der Waals surface area contributed by atoms with Crippen LogP contribution in [0.2, 0.25) is 18.1 Å². The summed E-state index contributed by atoms with van der Waals surface area (Å²) in [6.07, 6.45) is 1.69. The number of nitrogens with zero attached hydrogens (tertiary/aromatic N) is 1. The number of rotatable bonds is 6. The number of carbonyl (C=O) groups is 1. The Bertz CT molecular complexity index is 374. The summed E-state index contributed by atoms with van der Waals surface area (Å²) in [4.78, 5) is 16.3. The summed E-state index contributed by atoms with van der Waals surface area (Å²) in [5.41, 5.74) is 0.916. The van der Waals surface area contributed by atoms with E-state index in [1.165, 1.54) is 7.11 Å². The highest BCUT2D eigenvalue weighted by atomic mass is 28.4. The van der Waals surface area contributed by atoms with Crippen LogP contribution in [0.1, 0.15) is 40.0 Å². The van der Waals surface area contributed by atoms with E-state index in [1.54, 1.807) is 0 Å². The van der Waals surface area contributed by atoms with Crippen molar-refractivity contribution in [2.75, 3.05) is 13.7 Å². The van der Waals surface area contributed by atoms with Crippen molar-refractivity contribution in [3.05, 3.63) is 0 Å². The summed E-state index contributed by atoms with van der Waals surface area (Å²) in [7, 11) is -0.306. The summed E-state index contributed by atoms with van der Waals surface area (Å²) in [5, 5.41) is 4.17. The van der Waals surface area contributed by atoms with Crippen LogP contribution in [0.25, 0.3) is 0 Å². The van der Waals surface area contributed by atoms with Gasteiger partial charge in [-0.3, -0.25) is 0 Å². The van der Waals surface area contributed by atoms with Gasteiger partial charge >= 0.3 is 5.97 Å². The lowest BCUT2D eigenvalue weighted by Gasteiger charge is -2.36. The molecule has 0 aromatic heterocycles. The predicted octanol–water partition coefficient (Wildman–Crippen LogP) is 3.11. The zero-order chi connectivity index (χ0) is 15.4. The van der Waals surface area contributed by atoms with Crippen LogP contribution in [0.3, 0.4) is 0 Å². The fourth-order valence-corrected chi connectivity index (χ4v) is 2.74. The van der Waals surface area contributed by atoms with Crippen LogP contribution in [0.15, 0.2) is 5.16 Å². The number of esters is 1. The molecule has 0 aliphatic carbocycles. The minimum atomic E-state index is -1.66. The van der Waals surface area contributed by atoms with Crippen LogP contribution >= 0.6 is 0 Å². The van der Waals surface area contributed by atoms with Crippen LogP contribution in [0, 0.1) is 0 Å². The minimum Gasteiger partial charge on any atom is -0.466 e. The molecule has 0 fully saturated rings. The van der Waals surface area contributed by atoms with Gasteiger partial charge in [0.25, 0.3) is 0 Å². The average molecular weight is 301 g/mol. The van der Waals surface area contributed by atoms with Crippen molar-refractivity contribution >= 4 is 20.0 Å². The van der Waals surface area contributed by atoms with Gasteiger partial charge in [0.15, 0.2) is 8.32 Å². The third kappa shape index (κ3) is 4.59. The first kappa shape index (κ1) is 17.2. The van der Waals surface area contributed by atoms with Crippen molar-refractivity contribution < 1.29 is 18.8 Å². The zero-order valence-corrected chi connectivity index (χ0v) is 14.5. The SMILES string of the molecule is COC(=O)C1CC(CCCO[Si](C)(C)C(C)(C)C)=NO1. The van der Waals surface area contributed by atoms with Crippen molar-refractivity contribution in [2.45, 2.75) is 64.3 Å². The zero-order valence-electron chi connectivity index (χ0n) is 13.5. The maximum Gasteiger partial charge on any atom is 0.350 e. The van der Waals surface area contributed by atoms with Crippen molar-refractivity contribution in [2.24, 2.45) is 5.16 Å². The smallest absolute Gasteiger partial charge is 0.350 e. The third-order valence-electron chi connectivity index (χ3n) is 4.07. The van der Waals surface area contributed by atoms with Crippen molar-refractivity contribution in [3.8, 4) is 0 Å². The Morgan fingerprint density at radius 3 is 2.65 bits per heavy atom. The molecule has 0 amide bonds. The molecule has 0 aromatic rings. The lowest BCUT2D eigenvalue weighted by atomic mass is 10.1. The van der Waals surface area contributed by atoms with Gasteiger partial charge in [-0.15, -0.1) is 0 Å². The third-order valence-corrected chi connectivity index (χ3v) is 8.61. The van der Waals surface area contributed by atoms with Gasteiger partial charge in [-0.05, 0) is 31.0 Å². The Hall–Kier alpha value is -0.883. The number of hydrogen-bond donors (Lipinski definition) is 0. The first-order chi connectivity index (χ1) is 9.17. The Kier molecular flexibility index (Phi) is 5.76. The molecule has 0 saturated heterocycles. The second-order valence-corrected chi connectivity index (χ2v) is 11.5. The maximum absolute atomic E-state index is 11.3. The fourth-order valence-electron chi connectivity index (χ4n) is 1.65. The molecule has 0 bridgehead atoms. The minimum absolute atomic E-state index is 0.233. The number of hydrogen-bond acceptors (Lipinski definition) is 5. The molecule has 1 heterocycles. The first-order valence-corrected chi connectivity index (χ1v) is 10.0. The van der Waals surface area contributed by atoms with Gasteiger partial charge in [0, 0.05) is 13.0 Å². The van der Waals surface area contributed by atoms with Gasteiger partial charge in [0.2, 0.25) is 6.10 Å². The second-order valence-electron chi connectivity index (χ2n) is 6.69. The number of oxime groups is 1. The van der Waals surface area contributed by atoms with Crippen LogP contribution in [-0.2, 0) is 18.8 Å². The van der Waals surface area contributed by atoms with Gasteiger partial charge in [0.05, 0.1) is 12.8 Å². The molecule has 0 N–H and O–H groups in total. The molecular weight excluding hydrogens is 274 g/mol. The molecular formula is C14H27NO4Si. The highest BCUT2D eigenvalue weighted by Gasteiger charge is 2.37. The largest absolute Gasteiger partial charge is 0.466 e. The van der Waals surface area contributed by atoms with E-state index in [9.17, 15) is 4.79 Å². The molecule has 1 rings (SSSR count). The van der Waals surface area contributed by atoms with Gasteiger partial charge in [-0.2, -0.15) is 0 Å². The Morgan fingerprint density at radius 1 is 1.45 bits per heavy atom. The maximum atomic E-state index is 11.3. The fraction of sp³-hybridized carbons (Fsp3) is 0.857. The van der Waals surface area contributed by atoms with Crippen molar-refractivity contribution in [1.82, 2.24) is 0 Å². The van der Waals surface area contributed by atoms with Gasteiger partial charge < -0.3 is 14.0 Å².